The van der Waals surface area contributed by atoms with E-state index < -0.39 is 35.3 Å². The number of amides is 1. The van der Waals surface area contributed by atoms with Gasteiger partial charge in [0.05, 0.1) is 23.8 Å². The fourth-order valence-corrected chi connectivity index (χ4v) is 2.11. The fraction of sp³-hybridized carbons (Fsp3) is 0.222. The lowest BCUT2D eigenvalue weighted by atomic mass is 10.2. The second kappa shape index (κ2) is 9.31. The van der Waals surface area contributed by atoms with Crippen LogP contribution in [0.15, 0.2) is 42.5 Å². The second-order valence-electron chi connectivity index (χ2n) is 5.48. The predicted molar refractivity (Wildman–Crippen MR) is 95.7 cm³/mol. The SMILES string of the molecule is COc1cc([N+](=O)[O-])ccc1NC(=O)[C@H](C)OC(=O)COc1ccccc1F. The summed E-state index contributed by atoms with van der Waals surface area (Å²) in [5.74, 6) is -2.24. The molecule has 9 nitrogen and oxygen atoms in total. The van der Waals surface area contributed by atoms with Crippen molar-refractivity contribution in [1.29, 1.82) is 0 Å². The minimum Gasteiger partial charge on any atom is -0.494 e. The highest BCUT2D eigenvalue weighted by molar-refractivity contribution is 5.96. The van der Waals surface area contributed by atoms with Gasteiger partial charge in [0.1, 0.15) is 5.75 Å². The number of esters is 1. The summed E-state index contributed by atoms with van der Waals surface area (Å²) in [6.07, 6.45) is -1.20. The molecule has 2 aromatic rings. The number of nitrogens with zero attached hydrogens (tertiary/aromatic N) is 1. The molecule has 0 radical (unpaired) electrons. The standard InChI is InChI=1S/C18H17FN2O7/c1-11(28-17(22)10-27-15-6-4-3-5-13(15)19)18(23)20-14-8-7-12(21(24)25)9-16(14)26-2/h3-9,11H,10H2,1-2H3,(H,20,23)/t11-/m0/s1. The second-order valence-corrected chi connectivity index (χ2v) is 5.48. The van der Waals surface area contributed by atoms with Gasteiger partial charge in [0.25, 0.3) is 11.6 Å². The monoisotopic (exact) mass is 392 g/mol. The third-order valence-corrected chi connectivity index (χ3v) is 3.51. The maximum absolute atomic E-state index is 13.4. The molecule has 0 fully saturated rings. The normalized spacial score (nSPS) is 11.2. The number of non-ortho nitro benzene ring substituents is 1. The summed E-state index contributed by atoms with van der Waals surface area (Å²) >= 11 is 0. The molecule has 0 aliphatic carbocycles. The van der Waals surface area contributed by atoms with Crippen LogP contribution in [0.5, 0.6) is 11.5 Å². The summed E-state index contributed by atoms with van der Waals surface area (Å²) in [4.78, 5) is 34.2. The molecular formula is C18H17FN2O7. The van der Waals surface area contributed by atoms with Crippen molar-refractivity contribution < 1.29 is 33.1 Å². The highest BCUT2D eigenvalue weighted by atomic mass is 19.1. The Morgan fingerprint density at radius 1 is 1.21 bits per heavy atom. The highest BCUT2D eigenvalue weighted by Crippen LogP contribution is 2.29. The first-order chi connectivity index (χ1) is 13.3. The van der Waals surface area contributed by atoms with Gasteiger partial charge in [-0.05, 0) is 25.1 Å². The number of para-hydroxylation sites is 1. The summed E-state index contributed by atoms with van der Waals surface area (Å²) < 4.78 is 28.4. The molecule has 2 aromatic carbocycles. The molecule has 0 saturated heterocycles. The quantitative estimate of drug-likeness (QED) is 0.417. The van der Waals surface area contributed by atoms with Crippen LogP contribution in [0.25, 0.3) is 0 Å². The molecule has 0 saturated carbocycles. The van der Waals surface area contributed by atoms with Gasteiger partial charge in [-0.15, -0.1) is 0 Å². The van der Waals surface area contributed by atoms with Crippen LogP contribution in [0.2, 0.25) is 0 Å². The van der Waals surface area contributed by atoms with Gasteiger partial charge in [0.2, 0.25) is 0 Å². The number of nitro benzene ring substituents is 1. The number of hydrogen-bond acceptors (Lipinski definition) is 7. The molecule has 0 spiro atoms. The van der Waals surface area contributed by atoms with E-state index in [4.69, 9.17) is 14.2 Å². The average molecular weight is 392 g/mol. The maximum Gasteiger partial charge on any atom is 0.344 e. The van der Waals surface area contributed by atoms with Crippen LogP contribution in [-0.4, -0.2) is 36.6 Å². The summed E-state index contributed by atoms with van der Waals surface area (Å²) in [5, 5.41) is 13.2. The molecule has 148 valence electrons. The molecule has 0 aliphatic heterocycles. The third-order valence-electron chi connectivity index (χ3n) is 3.51. The number of carbonyl (C=O) groups is 2. The van der Waals surface area contributed by atoms with Crippen LogP contribution in [0.3, 0.4) is 0 Å². The van der Waals surface area contributed by atoms with Gasteiger partial charge in [-0.2, -0.15) is 0 Å². The molecular weight excluding hydrogens is 375 g/mol. The molecule has 0 unspecified atom stereocenters. The number of anilines is 1. The molecule has 2 rings (SSSR count). The highest BCUT2D eigenvalue weighted by Gasteiger charge is 2.21. The lowest BCUT2D eigenvalue weighted by Crippen LogP contribution is -2.31. The number of halogens is 1. The van der Waals surface area contributed by atoms with Crippen molar-refractivity contribution in [2.45, 2.75) is 13.0 Å². The lowest BCUT2D eigenvalue weighted by Gasteiger charge is -2.15. The van der Waals surface area contributed by atoms with Crippen molar-refractivity contribution in [2.24, 2.45) is 0 Å². The topological polar surface area (TPSA) is 117 Å². The molecule has 0 aliphatic rings. The zero-order valence-electron chi connectivity index (χ0n) is 15.0. The van der Waals surface area contributed by atoms with Crippen LogP contribution in [0.1, 0.15) is 6.92 Å². The minimum atomic E-state index is -1.20. The fourth-order valence-electron chi connectivity index (χ4n) is 2.11. The maximum atomic E-state index is 13.4. The van der Waals surface area contributed by atoms with Gasteiger partial charge >= 0.3 is 5.97 Å². The van der Waals surface area contributed by atoms with E-state index in [2.05, 4.69) is 5.32 Å². The molecule has 1 N–H and O–H groups in total. The molecule has 1 atom stereocenters. The molecule has 1 amide bonds. The number of methoxy groups -OCH3 is 1. The Bertz CT molecular complexity index is 888. The Kier molecular flexibility index (Phi) is 6.85. The van der Waals surface area contributed by atoms with Crippen LogP contribution in [0, 0.1) is 15.9 Å². The first kappa shape index (κ1) is 20.6. The van der Waals surface area contributed by atoms with E-state index >= 15 is 0 Å². The van der Waals surface area contributed by atoms with E-state index in [1.807, 2.05) is 0 Å². The summed E-state index contributed by atoms with van der Waals surface area (Å²) in [7, 11) is 1.29. The average Bonchev–Trinajstić information content (AvgIpc) is 2.67. The van der Waals surface area contributed by atoms with Gasteiger partial charge in [-0.1, -0.05) is 12.1 Å². The first-order valence-electron chi connectivity index (χ1n) is 8.02. The van der Waals surface area contributed by atoms with Gasteiger partial charge in [0, 0.05) is 6.07 Å². The van der Waals surface area contributed by atoms with E-state index in [0.717, 1.165) is 6.07 Å². The third kappa shape index (κ3) is 5.40. The minimum absolute atomic E-state index is 0.0731. The van der Waals surface area contributed by atoms with E-state index in [1.54, 1.807) is 0 Å². The Morgan fingerprint density at radius 3 is 2.57 bits per heavy atom. The molecule has 0 heterocycles. The molecule has 0 bridgehead atoms. The lowest BCUT2D eigenvalue weighted by molar-refractivity contribution is -0.384. The summed E-state index contributed by atoms with van der Waals surface area (Å²) in [5.41, 5.74) is -0.0387. The van der Waals surface area contributed by atoms with E-state index in [0.29, 0.717) is 0 Å². The number of ether oxygens (including phenoxy) is 3. The number of nitrogens with one attached hydrogen (secondary N) is 1. The Labute approximate surface area is 159 Å². The molecule has 0 aromatic heterocycles. The van der Waals surface area contributed by atoms with Crippen molar-refractivity contribution in [2.75, 3.05) is 19.0 Å². The van der Waals surface area contributed by atoms with Crippen molar-refractivity contribution in [3.05, 3.63) is 58.4 Å². The largest absolute Gasteiger partial charge is 0.494 e. The van der Waals surface area contributed by atoms with Crippen molar-refractivity contribution in [3.8, 4) is 11.5 Å². The van der Waals surface area contributed by atoms with Crippen molar-refractivity contribution in [1.82, 2.24) is 0 Å². The predicted octanol–water partition coefficient (Wildman–Crippen LogP) is 2.69. The Hall–Kier alpha value is -3.69. The van der Waals surface area contributed by atoms with Crippen LogP contribution >= 0.6 is 0 Å². The Morgan fingerprint density at radius 2 is 1.93 bits per heavy atom. The van der Waals surface area contributed by atoms with E-state index in [1.165, 1.54) is 50.4 Å². The van der Waals surface area contributed by atoms with E-state index in [9.17, 15) is 24.1 Å². The van der Waals surface area contributed by atoms with Crippen LogP contribution in [-0.2, 0) is 14.3 Å². The van der Waals surface area contributed by atoms with Crippen LogP contribution in [0.4, 0.5) is 15.8 Å². The number of rotatable bonds is 8. The van der Waals surface area contributed by atoms with Crippen molar-refractivity contribution >= 4 is 23.3 Å². The van der Waals surface area contributed by atoms with Gasteiger partial charge < -0.3 is 19.5 Å². The molecule has 28 heavy (non-hydrogen) atoms. The molecule has 10 heteroatoms. The number of nitro groups is 1. The van der Waals surface area contributed by atoms with Gasteiger partial charge in [0.15, 0.2) is 24.3 Å². The van der Waals surface area contributed by atoms with E-state index in [-0.39, 0.29) is 22.9 Å². The number of carbonyl (C=O) groups excluding carboxylic acids is 2. The van der Waals surface area contributed by atoms with Gasteiger partial charge in [-0.25, -0.2) is 9.18 Å². The summed E-state index contributed by atoms with van der Waals surface area (Å²) in [6.45, 7) is 0.744. The van der Waals surface area contributed by atoms with Gasteiger partial charge in [-0.3, -0.25) is 14.9 Å². The van der Waals surface area contributed by atoms with Crippen molar-refractivity contribution in [3.63, 3.8) is 0 Å². The van der Waals surface area contributed by atoms with Crippen LogP contribution < -0.4 is 14.8 Å². The zero-order valence-corrected chi connectivity index (χ0v) is 15.0. The Balaban J connectivity index is 1.92. The number of benzene rings is 2. The number of hydrogen-bond donors (Lipinski definition) is 1. The summed E-state index contributed by atoms with van der Waals surface area (Å²) in [6, 6.07) is 9.17. The first-order valence-corrected chi connectivity index (χ1v) is 8.02. The zero-order chi connectivity index (χ0) is 20.7. The smallest absolute Gasteiger partial charge is 0.344 e.